The Balaban J connectivity index is 1.81. The van der Waals surface area contributed by atoms with Crippen LogP contribution in [0.25, 0.3) is 0 Å². The van der Waals surface area contributed by atoms with E-state index in [0.29, 0.717) is 11.7 Å². The normalized spacial score (nSPS) is 10.7. The fraction of sp³-hybridized carbons (Fsp3) is 0.278. The summed E-state index contributed by atoms with van der Waals surface area (Å²) in [5, 5.41) is 2.50. The molecular weight excluding hydrogens is 300 g/mol. The maximum Gasteiger partial charge on any atom is 0.254 e. The number of rotatable bonds is 6. The van der Waals surface area contributed by atoms with Gasteiger partial charge in [0.2, 0.25) is 0 Å². The van der Waals surface area contributed by atoms with Crippen LogP contribution in [0.1, 0.15) is 35.7 Å². The minimum absolute atomic E-state index is 0.195. The second-order valence-corrected chi connectivity index (χ2v) is 5.43. The van der Waals surface area contributed by atoms with E-state index >= 15 is 0 Å². The molecule has 0 bridgehead atoms. The van der Waals surface area contributed by atoms with Gasteiger partial charge in [-0.2, -0.15) is 0 Å². The molecule has 1 amide bonds. The number of halogens is 2. The number of hydrogen-bond acceptors (Lipinski definition) is 2. The SMILES string of the molecule is CC(C)c1ccc(OCCNC(=O)c2cccc(F)c2F)cc1. The standard InChI is InChI=1S/C18H19F2NO2/c1-12(2)13-6-8-14(9-7-13)23-11-10-21-18(22)15-4-3-5-16(19)17(15)20/h3-9,12H,10-11H2,1-2H3,(H,21,22). The summed E-state index contributed by atoms with van der Waals surface area (Å²) in [6, 6.07) is 11.2. The van der Waals surface area contributed by atoms with Crippen LogP contribution in [-0.4, -0.2) is 19.1 Å². The number of benzene rings is 2. The molecule has 0 aromatic heterocycles. The van der Waals surface area contributed by atoms with E-state index in [4.69, 9.17) is 4.74 Å². The first-order valence-electron chi connectivity index (χ1n) is 7.44. The molecule has 2 aromatic carbocycles. The molecule has 3 nitrogen and oxygen atoms in total. The molecule has 0 radical (unpaired) electrons. The smallest absolute Gasteiger partial charge is 0.254 e. The predicted molar refractivity (Wildman–Crippen MR) is 84.7 cm³/mol. The monoisotopic (exact) mass is 319 g/mol. The Bertz CT molecular complexity index is 669. The third-order valence-corrected chi connectivity index (χ3v) is 3.40. The topological polar surface area (TPSA) is 38.3 Å². The third-order valence-electron chi connectivity index (χ3n) is 3.40. The van der Waals surface area contributed by atoms with E-state index in [9.17, 15) is 13.6 Å². The van der Waals surface area contributed by atoms with Crippen LogP contribution in [0.15, 0.2) is 42.5 Å². The Hall–Kier alpha value is -2.43. The van der Waals surface area contributed by atoms with Crippen LogP contribution in [0.4, 0.5) is 8.78 Å². The van der Waals surface area contributed by atoms with E-state index in [2.05, 4.69) is 19.2 Å². The number of carbonyl (C=O) groups excluding carboxylic acids is 1. The molecule has 23 heavy (non-hydrogen) atoms. The van der Waals surface area contributed by atoms with Gasteiger partial charge in [0, 0.05) is 0 Å². The van der Waals surface area contributed by atoms with Crippen molar-refractivity contribution in [1.29, 1.82) is 0 Å². The van der Waals surface area contributed by atoms with Crippen molar-refractivity contribution in [2.75, 3.05) is 13.2 Å². The number of ether oxygens (including phenoxy) is 1. The minimum Gasteiger partial charge on any atom is -0.492 e. The summed E-state index contributed by atoms with van der Waals surface area (Å²) in [4.78, 5) is 11.8. The summed E-state index contributed by atoms with van der Waals surface area (Å²) in [6.45, 7) is 4.65. The molecule has 0 unspecified atom stereocenters. The van der Waals surface area contributed by atoms with Crippen LogP contribution in [-0.2, 0) is 0 Å². The summed E-state index contributed by atoms with van der Waals surface area (Å²) in [6.07, 6.45) is 0. The molecule has 122 valence electrons. The van der Waals surface area contributed by atoms with Gasteiger partial charge >= 0.3 is 0 Å². The van der Waals surface area contributed by atoms with Crippen molar-refractivity contribution in [2.45, 2.75) is 19.8 Å². The van der Waals surface area contributed by atoms with Crippen LogP contribution >= 0.6 is 0 Å². The van der Waals surface area contributed by atoms with E-state index in [0.717, 1.165) is 6.07 Å². The van der Waals surface area contributed by atoms with Crippen LogP contribution in [0.5, 0.6) is 5.75 Å². The zero-order chi connectivity index (χ0) is 16.8. The Morgan fingerprint density at radius 3 is 2.48 bits per heavy atom. The molecule has 0 atom stereocenters. The molecule has 0 spiro atoms. The van der Waals surface area contributed by atoms with Gasteiger partial charge in [-0.15, -0.1) is 0 Å². The first kappa shape index (κ1) is 16.9. The molecule has 5 heteroatoms. The molecule has 0 aliphatic heterocycles. The van der Waals surface area contributed by atoms with Gasteiger partial charge in [0.25, 0.3) is 5.91 Å². The van der Waals surface area contributed by atoms with Gasteiger partial charge in [-0.25, -0.2) is 8.78 Å². The van der Waals surface area contributed by atoms with E-state index in [1.807, 2.05) is 24.3 Å². The van der Waals surface area contributed by atoms with Crippen molar-refractivity contribution in [2.24, 2.45) is 0 Å². The fourth-order valence-electron chi connectivity index (χ4n) is 2.06. The van der Waals surface area contributed by atoms with Gasteiger partial charge in [0.1, 0.15) is 12.4 Å². The first-order valence-corrected chi connectivity index (χ1v) is 7.44. The van der Waals surface area contributed by atoms with E-state index < -0.39 is 17.5 Å². The minimum atomic E-state index is -1.14. The van der Waals surface area contributed by atoms with Gasteiger partial charge in [-0.05, 0) is 35.7 Å². The van der Waals surface area contributed by atoms with Crippen molar-refractivity contribution in [3.8, 4) is 5.75 Å². The van der Waals surface area contributed by atoms with Gasteiger partial charge in [0.15, 0.2) is 11.6 Å². The molecule has 0 aliphatic carbocycles. The van der Waals surface area contributed by atoms with Crippen molar-refractivity contribution < 1.29 is 18.3 Å². The van der Waals surface area contributed by atoms with Crippen molar-refractivity contribution >= 4 is 5.91 Å². The Morgan fingerprint density at radius 2 is 1.83 bits per heavy atom. The maximum absolute atomic E-state index is 13.5. The first-order chi connectivity index (χ1) is 11.0. The Labute approximate surface area is 134 Å². The highest BCUT2D eigenvalue weighted by atomic mass is 19.2. The molecule has 1 N–H and O–H groups in total. The Morgan fingerprint density at radius 1 is 1.13 bits per heavy atom. The lowest BCUT2D eigenvalue weighted by Crippen LogP contribution is -2.29. The quantitative estimate of drug-likeness (QED) is 0.820. The van der Waals surface area contributed by atoms with E-state index in [-0.39, 0.29) is 18.7 Å². The number of nitrogens with one attached hydrogen (secondary N) is 1. The van der Waals surface area contributed by atoms with Crippen molar-refractivity contribution in [1.82, 2.24) is 5.32 Å². The van der Waals surface area contributed by atoms with E-state index in [1.165, 1.54) is 17.7 Å². The lowest BCUT2D eigenvalue weighted by molar-refractivity contribution is 0.0942. The Kier molecular flexibility index (Phi) is 5.68. The van der Waals surface area contributed by atoms with E-state index in [1.54, 1.807) is 0 Å². The molecule has 0 fully saturated rings. The van der Waals surface area contributed by atoms with Crippen molar-refractivity contribution in [3.63, 3.8) is 0 Å². The van der Waals surface area contributed by atoms with Crippen LogP contribution in [0.3, 0.4) is 0 Å². The average Bonchev–Trinajstić information content (AvgIpc) is 2.54. The molecule has 0 heterocycles. The highest BCUT2D eigenvalue weighted by Gasteiger charge is 2.14. The zero-order valence-corrected chi connectivity index (χ0v) is 13.1. The number of carbonyl (C=O) groups is 1. The molecule has 0 aliphatic rings. The average molecular weight is 319 g/mol. The van der Waals surface area contributed by atoms with Gasteiger partial charge in [0.05, 0.1) is 12.1 Å². The maximum atomic E-state index is 13.5. The molecular formula is C18H19F2NO2. The summed E-state index contributed by atoms with van der Waals surface area (Å²) in [5.41, 5.74) is 0.901. The zero-order valence-electron chi connectivity index (χ0n) is 13.1. The molecule has 2 aromatic rings. The van der Waals surface area contributed by atoms with Gasteiger partial charge in [-0.1, -0.05) is 32.0 Å². The number of hydrogen-bond donors (Lipinski definition) is 1. The summed E-state index contributed by atoms with van der Waals surface area (Å²) >= 11 is 0. The third kappa shape index (κ3) is 4.52. The highest BCUT2D eigenvalue weighted by molar-refractivity contribution is 5.94. The van der Waals surface area contributed by atoms with Crippen LogP contribution in [0.2, 0.25) is 0 Å². The summed E-state index contributed by atoms with van der Waals surface area (Å²) in [5.74, 6) is -1.71. The molecule has 0 saturated heterocycles. The number of amides is 1. The summed E-state index contributed by atoms with van der Waals surface area (Å²) in [7, 11) is 0. The summed E-state index contributed by atoms with van der Waals surface area (Å²) < 4.78 is 32.0. The largest absolute Gasteiger partial charge is 0.492 e. The lowest BCUT2D eigenvalue weighted by atomic mass is 10.0. The van der Waals surface area contributed by atoms with Crippen LogP contribution in [0, 0.1) is 11.6 Å². The molecule has 0 saturated carbocycles. The lowest BCUT2D eigenvalue weighted by Gasteiger charge is -2.10. The second-order valence-electron chi connectivity index (χ2n) is 5.43. The second kappa shape index (κ2) is 7.72. The molecule has 2 rings (SSSR count). The highest BCUT2D eigenvalue weighted by Crippen LogP contribution is 2.18. The van der Waals surface area contributed by atoms with Gasteiger partial charge < -0.3 is 10.1 Å². The fourth-order valence-corrected chi connectivity index (χ4v) is 2.06. The van der Waals surface area contributed by atoms with Gasteiger partial charge in [-0.3, -0.25) is 4.79 Å². The van der Waals surface area contributed by atoms with Crippen LogP contribution < -0.4 is 10.1 Å². The predicted octanol–water partition coefficient (Wildman–Crippen LogP) is 3.90. The van der Waals surface area contributed by atoms with Crippen molar-refractivity contribution in [3.05, 3.63) is 65.2 Å².